The highest BCUT2D eigenvalue weighted by molar-refractivity contribution is 7.89. The van der Waals surface area contributed by atoms with Gasteiger partial charge in [0.1, 0.15) is 11.6 Å². The van der Waals surface area contributed by atoms with Gasteiger partial charge in [0.25, 0.3) is 0 Å². The van der Waals surface area contributed by atoms with E-state index in [1.807, 2.05) is 0 Å². The molecular formula is C19H29N3O6S. The highest BCUT2D eigenvalue weighted by Gasteiger charge is 2.28. The van der Waals surface area contributed by atoms with Crippen molar-refractivity contribution in [2.45, 2.75) is 51.2 Å². The van der Waals surface area contributed by atoms with Gasteiger partial charge in [-0.15, -0.1) is 0 Å². The number of carbonyl (C=O) groups is 2. The molecule has 0 saturated carbocycles. The standard InChI is InChI=1S/C19H29N3O6S/c1-13-6-7-15(12-16(13)29(25,26)22-8-10-27-11-9-22)21-17(23)14(2)20-18(24)28-19(3,4)5/h6-7,12,14H,8-11H2,1-5H3,(H,20,24)(H,21,23). The number of anilines is 1. The lowest BCUT2D eigenvalue weighted by molar-refractivity contribution is -0.117. The van der Waals surface area contributed by atoms with Gasteiger partial charge in [-0.2, -0.15) is 4.31 Å². The van der Waals surface area contributed by atoms with Crippen molar-refractivity contribution in [3.63, 3.8) is 0 Å². The number of amides is 2. The number of rotatable bonds is 5. The van der Waals surface area contributed by atoms with Crippen molar-refractivity contribution in [2.75, 3.05) is 31.6 Å². The van der Waals surface area contributed by atoms with Crippen LogP contribution in [-0.4, -0.2) is 62.7 Å². The largest absolute Gasteiger partial charge is 0.444 e. The minimum atomic E-state index is -3.70. The predicted octanol–water partition coefficient (Wildman–Crippen LogP) is 1.87. The maximum absolute atomic E-state index is 12.9. The summed E-state index contributed by atoms with van der Waals surface area (Å²) in [5.41, 5.74) is 0.222. The third-order valence-electron chi connectivity index (χ3n) is 4.17. The molecule has 0 radical (unpaired) electrons. The van der Waals surface area contributed by atoms with Crippen molar-refractivity contribution in [3.8, 4) is 0 Å². The first-order valence-corrected chi connectivity index (χ1v) is 10.8. The summed E-state index contributed by atoms with van der Waals surface area (Å²) in [5.74, 6) is -0.491. The van der Waals surface area contributed by atoms with Gasteiger partial charge >= 0.3 is 6.09 Å². The van der Waals surface area contributed by atoms with E-state index in [0.717, 1.165) is 0 Å². The third-order valence-corrected chi connectivity index (χ3v) is 6.21. The van der Waals surface area contributed by atoms with Gasteiger partial charge in [-0.1, -0.05) is 6.07 Å². The summed E-state index contributed by atoms with van der Waals surface area (Å²) >= 11 is 0. The lowest BCUT2D eigenvalue weighted by Crippen LogP contribution is -2.44. The topological polar surface area (TPSA) is 114 Å². The van der Waals surface area contributed by atoms with Crippen molar-refractivity contribution in [1.82, 2.24) is 9.62 Å². The van der Waals surface area contributed by atoms with E-state index in [9.17, 15) is 18.0 Å². The van der Waals surface area contributed by atoms with Crippen molar-refractivity contribution < 1.29 is 27.5 Å². The number of carbonyl (C=O) groups excluding carboxylic acids is 2. The van der Waals surface area contributed by atoms with E-state index < -0.39 is 33.7 Å². The van der Waals surface area contributed by atoms with Crippen LogP contribution in [0.1, 0.15) is 33.3 Å². The average molecular weight is 428 g/mol. The highest BCUT2D eigenvalue weighted by Crippen LogP contribution is 2.24. The fourth-order valence-electron chi connectivity index (χ4n) is 2.68. The van der Waals surface area contributed by atoms with Crippen molar-refractivity contribution in [1.29, 1.82) is 0 Å². The van der Waals surface area contributed by atoms with E-state index in [2.05, 4.69) is 10.6 Å². The smallest absolute Gasteiger partial charge is 0.408 e. The summed E-state index contributed by atoms with van der Waals surface area (Å²) in [6, 6.07) is 3.81. The van der Waals surface area contributed by atoms with Crippen LogP contribution in [0.4, 0.5) is 10.5 Å². The number of hydrogen-bond acceptors (Lipinski definition) is 6. The van der Waals surface area contributed by atoms with Crippen LogP contribution in [0.5, 0.6) is 0 Å². The molecule has 1 aliphatic heterocycles. The molecule has 1 atom stereocenters. The minimum absolute atomic E-state index is 0.130. The molecule has 1 unspecified atom stereocenters. The first-order valence-electron chi connectivity index (χ1n) is 9.39. The second-order valence-corrected chi connectivity index (χ2v) is 9.76. The van der Waals surface area contributed by atoms with Gasteiger partial charge in [0.05, 0.1) is 18.1 Å². The molecule has 1 heterocycles. The number of nitrogens with one attached hydrogen (secondary N) is 2. The Morgan fingerprint density at radius 3 is 2.41 bits per heavy atom. The van der Waals surface area contributed by atoms with Crippen molar-refractivity contribution in [2.24, 2.45) is 0 Å². The monoisotopic (exact) mass is 427 g/mol. The summed E-state index contributed by atoms with van der Waals surface area (Å²) in [4.78, 5) is 24.4. The second-order valence-electron chi connectivity index (χ2n) is 7.85. The van der Waals surface area contributed by atoms with Crippen molar-refractivity contribution >= 4 is 27.7 Å². The number of nitrogens with zero attached hydrogens (tertiary/aromatic N) is 1. The van der Waals surface area contributed by atoms with Gasteiger partial charge in [0, 0.05) is 18.8 Å². The molecule has 1 aliphatic rings. The maximum Gasteiger partial charge on any atom is 0.408 e. The molecule has 0 spiro atoms. The molecule has 162 valence electrons. The molecule has 10 heteroatoms. The Kier molecular flexibility index (Phi) is 7.25. The quantitative estimate of drug-likeness (QED) is 0.741. The Balaban J connectivity index is 2.11. The zero-order valence-electron chi connectivity index (χ0n) is 17.4. The molecule has 1 saturated heterocycles. The summed E-state index contributed by atoms with van der Waals surface area (Å²) in [7, 11) is -3.70. The van der Waals surface area contributed by atoms with Crippen LogP contribution < -0.4 is 10.6 Å². The SMILES string of the molecule is Cc1ccc(NC(=O)C(C)NC(=O)OC(C)(C)C)cc1S(=O)(=O)N1CCOCC1. The van der Waals surface area contributed by atoms with Gasteiger partial charge in [0.15, 0.2) is 0 Å². The van der Waals surface area contributed by atoms with Crippen LogP contribution >= 0.6 is 0 Å². The van der Waals surface area contributed by atoms with Gasteiger partial charge in [-0.3, -0.25) is 4.79 Å². The Labute approximate surface area is 171 Å². The number of benzene rings is 1. The average Bonchev–Trinajstić information content (AvgIpc) is 2.62. The van der Waals surface area contributed by atoms with Gasteiger partial charge in [-0.25, -0.2) is 13.2 Å². The Morgan fingerprint density at radius 2 is 1.83 bits per heavy atom. The minimum Gasteiger partial charge on any atom is -0.444 e. The summed E-state index contributed by atoms with van der Waals surface area (Å²) < 4.78 is 37.6. The number of ether oxygens (including phenoxy) is 2. The Morgan fingerprint density at radius 1 is 1.21 bits per heavy atom. The maximum atomic E-state index is 12.9. The Bertz CT molecular complexity index is 857. The molecule has 1 aromatic carbocycles. The molecule has 2 rings (SSSR count). The van der Waals surface area contributed by atoms with E-state index >= 15 is 0 Å². The Hall–Kier alpha value is -2.17. The van der Waals surface area contributed by atoms with Crippen LogP contribution in [-0.2, 0) is 24.3 Å². The van der Waals surface area contributed by atoms with E-state index in [4.69, 9.17) is 9.47 Å². The van der Waals surface area contributed by atoms with Crippen LogP contribution in [0.3, 0.4) is 0 Å². The molecule has 1 fully saturated rings. The molecule has 9 nitrogen and oxygen atoms in total. The number of morpholine rings is 1. The second kappa shape index (κ2) is 9.10. The molecule has 0 bridgehead atoms. The molecule has 29 heavy (non-hydrogen) atoms. The number of aryl methyl sites for hydroxylation is 1. The van der Waals surface area contributed by atoms with Gasteiger partial charge in [0.2, 0.25) is 15.9 Å². The first-order chi connectivity index (χ1) is 13.4. The van der Waals surface area contributed by atoms with Crippen LogP contribution in [0.2, 0.25) is 0 Å². The zero-order chi connectivity index (χ0) is 21.8. The zero-order valence-corrected chi connectivity index (χ0v) is 18.3. The van der Waals surface area contributed by atoms with Crippen LogP contribution in [0.25, 0.3) is 0 Å². The third kappa shape index (κ3) is 6.41. The van der Waals surface area contributed by atoms with Crippen LogP contribution in [0.15, 0.2) is 23.1 Å². The first kappa shape index (κ1) is 23.1. The lowest BCUT2D eigenvalue weighted by Gasteiger charge is -2.27. The van der Waals surface area contributed by atoms with Gasteiger partial charge < -0.3 is 20.1 Å². The summed E-state index contributed by atoms with van der Waals surface area (Å²) in [6.07, 6.45) is -0.709. The lowest BCUT2D eigenvalue weighted by atomic mass is 10.2. The number of sulfonamides is 1. The highest BCUT2D eigenvalue weighted by atomic mass is 32.2. The number of alkyl carbamates (subject to hydrolysis) is 1. The molecule has 0 aromatic heterocycles. The molecule has 1 aromatic rings. The molecule has 0 aliphatic carbocycles. The molecule has 2 N–H and O–H groups in total. The summed E-state index contributed by atoms with van der Waals surface area (Å²) in [6.45, 7) is 9.65. The molecular weight excluding hydrogens is 398 g/mol. The number of hydrogen-bond donors (Lipinski definition) is 2. The van der Waals surface area contributed by atoms with E-state index in [1.165, 1.54) is 17.3 Å². The van der Waals surface area contributed by atoms with Crippen LogP contribution in [0, 0.1) is 6.92 Å². The van der Waals surface area contributed by atoms with Crippen molar-refractivity contribution in [3.05, 3.63) is 23.8 Å². The van der Waals surface area contributed by atoms with E-state index in [0.29, 0.717) is 24.5 Å². The van der Waals surface area contributed by atoms with E-state index in [1.54, 1.807) is 39.8 Å². The normalized spacial score (nSPS) is 16.7. The van der Waals surface area contributed by atoms with E-state index in [-0.39, 0.29) is 18.0 Å². The summed E-state index contributed by atoms with van der Waals surface area (Å²) in [5, 5.41) is 5.09. The molecule has 2 amide bonds. The fraction of sp³-hybridized carbons (Fsp3) is 0.579. The predicted molar refractivity (Wildman–Crippen MR) is 108 cm³/mol. The van der Waals surface area contributed by atoms with Gasteiger partial charge in [-0.05, 0) is 52.3 Å². The fourth-order valence-corrected chi connectivity index (χ4v) is 4.34.